The topological polar surface area (TPSA) is 63.7 Å². The Morgan fingerprint density at radius 1 is 1.43 bits per heavy atom. The highest BCUT2D eigenvalue weighted by molar-refractivity contribution is 8.14. The molecule has 0 aliphatic carbocycles. The molecular weight excluding hydrogens is 328 g/mol. The van der Waals surface area contributed by atoms with E-state index in [0.717, 1.165) is 0 Å². The molecule has 1 saturated heterocycles. The minimum atomic E-state index is -3.86. The first-order chi connectivity index (χ1) is 9.68. The molecule has 1 amide bonds. The van der Waals surface area contributed by atoms with Gasteiger partial charge in [-0.15, -0.1) is 0 Å². The lowest BCUT2D eigenvalue weighted by Gasteiger charge is -2.18. The van der Waals surface area contributed by atoms with Gasteiger partial charge in [0, 0.05) is 35.4 Å². The van der Waals surface area contributed by atoms with E-state index >= 15 is 0 Å². The molecule has 9 heteroatoms. The average molecular weight is 340 g/mol. The Morgan fingerprint density at radius 3 is 2.62 bits per heavy atom. The number of anilines is 1. The molecule has 1 unspecified atom stereocenters. The molecule has 2 rings (SSSR count). The van der Waals surface area contributed by atoms with Crippen molar-refractivity contribution in [2.75, 3.05) is 11.4 Å². The number of benzene rings is 1. The number of nitrogens with zero attached hydrogens (tertiary/aromatic N) is 1. The van der Waals surface area contributed by atoms with E-state index in [1.807, 2.05) is 0 Å². The second kappa shape index (κ2) is 5.76. The largest absolute Gasteiger partial charge is 0.434 e. The standard InChI is InChI=1S/C12H12ClF2NO4S/c1-7-2-3-8(4-10(7)20-12(14)15)16-6-9(5-11(16)17)21(13,18)19/h2-4,9,12H,5-6H2,1H3. The maximum absolute atomic E-state index is 12.3. The van der Waals surface area contributed by atoms with Crippen LogP contribution < -0.4 is 9.64 Å². The lowest BCUT2D eigenvalue weighted by Crippen LogP contribution is -2.26. The smallest absolute Gasteiger partial charge is 0.387 e. The van der Waals surface area contributed by atoms with E-state index < -0.39 is 26.8 Å². The number of amides is 1. The fourth-order valence-electron chi connectivity index (χ4n) is 2.09. The van der Waals surface area contributed by atoms with Crippen LogP contribution in [0.15, 0.2) is 18.2 Å². The van der Waals surface area contributed by atoms with E-state index in [9.17, 15) is 22.0 Å². The van der Waals surface area contributed by atoms with Gasteiger partial charge in [-0.05, 0) is 18.6 Å². The van der Waals surface area contributed by atoms with Gasteiger partial charge in [-0.3, -0.25) is 4.79 Å². The monoisotopic (exact) mass is 339 g/mol. The van der Waals surface area contributed by atoms with Crippen LogP contribution in [0.2, 0.25) is 0 Å². The Bertz CT molecular complexity index is 665. The van der Waals surface area contributed by atoms with Gasteiger partial charge < -0.3 is 9.64 Å². The molecule has 0 radical (unpaired) electrons. The van der Waals surface area contributed by atoms with E-state index in [4.69, 9.17) is 10.7 Å². The summed E-state index contributed by atoms with van der Waals surface area (Å²) in [4.78, 5) is 13.1. The van der Waals surface area contributed by atoms with Gasteiger partial charge in [0.15, 0.2) is 0 Å². The lowest BCUT2D eigenvalue weighted by atomic mass is 10.2. The summed E-state index contributed by atoms with van der Waals surface area (Å²) in [5.74, 6) is -0.497. The number of halogens is 3. The maximum atomic E-state index is 12.3. The van der Waals surface area contributed by atoms with Gasteiger partial charge in [0.25, 0.3) is 0 Å². The normalized spacial score (nSPS) is 19.4. The fraction of sp³-hybridized carbons (Fsp3) is 0.417. The number of hydrogen-bond donors (Lipinski definition) is 0. The minimum absolute atomic E-state index is 0.0625. The summed E-state index contributed by atoms with van der Waals surface area (Å²) in [5, 5.41) is -1.01. The Kier molecular flexibility index (Phi) is 4.38. The number of aryl methyl sites for hydroxylation is 1. The van der Waals surface area contributed by atoms with Crippen molar-refractivity contribution in [2.45, 2.75) is 25.2 Å². The van der Waals surface area contributed by atoms with Crippen LogP contribution >= 0.6 is 10.7 Å². The van der Waals surface area contributed by atoms with Crippen LogP contribution in [0.1, 0.15) is 12.0 Å². The minimum Gasteiger partial charge on any atom is -0.434 e. The third-order valence-electron chi connectivity index (χ3n) is 3.19. The van der Waals surface area contributed by atoms with Crippen LogP contribution in [-0.2, 0) is 13.8 Å². The number of carbonyl (C=O) groups is 1. The molecule has 1 aromatic carbocycles. The number of ether oxygens (including phenoxy) is 1. The maximum Gasteiger partial charge on any atom is 0.387 e. The van der Waals surface area contributed by atoms with Gasteiger partial charge in [0.05, 0.1) is 0 Å². The molecule has 1 heterocycles. The quantitative estimate of drug-likeness (QED) is 0.789. The van der Waals surface area contributed by atoms with Crippen LogP contribution in [0.5, 0.6) is 5.75 Å². The van der Waals surface area contributed by atoms with Crippen molar-refractivity contribution in [2.24, 2.45) is 0 Å². The Labute approximate surface area is 124 Å². The third-order valence-corrected chi connectivity index (χ3v) is 5.06. The SMILES string of the molecule is Cc1ccc(N2CC(S(=O)(=O)Cl)CC2=O)cc1OC(F)F. The molecule has 116 valence electrons. The summed E-state index contributed by atoms with van der Waals surface area (Å²) < 4.78 is 51.5. The molecule has 0 aromatic heterocycles. The molecule has 1 fully saturated rings. The van der Waals surface area contributed by atoms with Crippen molar-refractivity contribution in [1.29, 1.82) is 0 Å². The summed E-state index contributed by atoms with van der Waals surface area (Å²) in [6.07, 6.45) is -0.231. The molecule has 0 spiro atoms. The number of hydrogen-bond acceptors (Lipinski definition) is 4. The molecule has 21 heavy (non-hydrogen) atoms. The van der Waals surface area contributed by atoms with E-state index in [-0.39, 0.29) is 18.7 Å². The number of alkyl halides is 2. The Hall–Kier alpha value is -1.41. The van der Waals surface area contributed by atoms with Crippen LogP contribution in [-0.4, -0.2) is 32.7 Å². The zero-order chi connectivity index (χ0) is 15.8. The van der Waals surface area contributed by atoms with Crippen LogP contribution in [0.4, 0.5) is 14.5 Å². The van der Waals surface area contributed by atoms with E-state index in [1.54, 1.807) is 6.92 Å². The zero-order valence-corrected chi connectivity index (χ0v) is 12.5. The van der Waals surface area contributed by atoms with Gasteiger partial charge in [-0.25, -0.2) is 8.42 Å². The average Bonchev–Trinajstić information content (AvgIpc) is 2.73. The number of carbonyl (C=O) groups excluding carboxylic acids is 1. The molecule has 1 aliphatic rings. The van der Waals surface area contributed by atoms with Crippen molar-refractivity contribution in [3.05, 3.63) is 23.8 Å². The highest BCUT2D eigenvalue weighted by atomic mass is 35.7. The molecule has 1 aliphatic heterocycles. The summed E-state index contributed by atoms with van der Waals surface area (Å²) in [5.41, 5.74) is 0.774. The molecular formula is C12H12ClF2NO4S. The van der Waals surface area contributed by atoms with Crippen molar-refractivity contribution in [3.8, 4) is 5.75 Å². The van der Waals surface area contributed by atoms with Crippen molar-refractivity contribution < 1.29 is 26.7 Å². The first-order valence-corrected chi connectivity index (χ1v) is 8.35. The van der Waals surface area contributed by atoms with Crippen molar-refractivity contribution >= 4 is 31.3 Å². The summed E-state index contributed by atoms with van der Waals surface area (Å²) >= 11 is 0. The summed E-state index contributed by atoms with van der Waals surface area (Å²) in [6, 6.07) is 4.33. The van der Waals surface area contributed by atoms with E-state index in [1.165, 1.54) is 23.1 Å². The second-order valence-corrected chi connectivity index (χ2v) is 7.54. The molecule has 0 bridgehead atoms. The molecule has 0 N–H and O–H groups in total. The van der Waals surface area contributed by atoms with Crippen LogP contribution in [0.25, 0.3) is 0 Å². The van der Waals surface area contributed by atoms with Crippen LogP contribution in [0.3, 0.4) is 0 Å². The number of rotatable bonds is 4. The highest BCUT2D eigenvalue weighted by Crippen LogP contribution is 2.31. The van der Waals surface area contributed by atoms with Gasteiger partial charge in [-0.2, -0.15) is 8.78 Å². The van der Waals surface area contributed by atoms with Gasteiger partial charge in [0.1, 0.15) is 11.0 Å². The first kappa shape index (κ1) is 16.0. The Balaban J connectivity index is 2.28. The molecule has 5 nitrogen and oxygen atoms in total. The van der Waals surface area contributed by atoms with Gasteiger partial charge >= 0.3 is 6.61 Å². The van der Waals surface area contributed by atoms with E-state index in [2.05, 4.69) is 4.74 Å². The molecule has 1 aromatic rings. The van der Waals surface area contributed by atoms with Crippen molar-refractivity contribution in [3.63, 3.8) is 0 Å². The summed E-state index contributed by atoms with van der Waals surface area (Å²) in [7, 11) is 1.40. The lowest BCUT2D eigenvalue weighted by molar-refractivity contribution is -0.117. The Morgan fingerprint density at radius 2 is 2.10 bits per heavy atom. The fourth-order valence-corrected chi connectivity index (χ4v) is 3.12. The van der Waals surface area contributed by atoms with Gasteiger partial charge in [0.2, 0.25) is 15.0 Å². The predicted octanol–water partition coefficient (Wildman–Crippen LogP) is 2.27. The summed E-state index contributed by atoms with van der Waals surface area (Å²) in [6.45, 7) is -1.51. The first-order valence-electron chi connectivity index (χ1n) is 5.98. The molecule has 0 saturated carbocycles. The predicted molar refractivity (Wildman–Crippen MR) is 73.3 cm³/mol. The van der Waals surface area contributed by atoms with E-state index in [0.29, 0.717) is 11.3 Å². The second-order valence-electron chi connectivity index (χ2n) is 4.63. The highest BCUT2D eigenvalue weighted by Gasteiger charge is 2.38. The van der Waals surface area contributed by atoms with Gasteiger partial charge in [-0.1, -0.05) is 6.07 Å². The molecule has 1 atom stereocenters. The van der Waals surface area contributed by atoms with Crippen molar-refractivity contribution in [1.82, 2.24) is 0 Å². The van der Waals surface area contributed by atoms with Crippen LogP contribution in [0, 0.1) is 6.92 Å². The third kappa shape index (κ3) is 3.62. The zero-order valence-electron chi connectivity index (χ0n) is 10.9.